The van der Waals surface area contributed by atoms with Crippen molar-refractivity contribution < 1.29 is 0 Å². The second-order valence-electron chi connectivity index (χ2n) is 5.99. The van der Waals surface area contributed by atoms with Gasteiger partial charge in [-0.3, -0.25) is 0 Å². The monoisotopic (exact) mass is 272 g/mol. The highest BCUT2D eigenvalue weighted by Crippen LogP contribution is 2.50. The van der Waals surface area contributed by atoms with Gasteiger partial charge in [0.1, 0.15) is 0 Å². The van der Waals surface area contributed by atoms with E-state index in [0.29, 0.717) is 0 Å². The van der Waals surface area contributed by atoms with E-state index in [1.54, 1.807) is 0 Å². The highest BCUT2D eigenvalue weighted by molar-refractivity contribution is 5.92. The summed E-state index contributed by atoms with van der Waals surface area (Å²) in [6.07, 6.45) is 12.4. The number of hydrogen-bond donors (Lipinski definition) is 0. The highest BCUT2D eigenvalue weighted by Gasteiger charge is 2.37. The first-order valence-electron chi connectivity index (χ1n) is 7.37. The molecule has 0 saturated heterocycles. The van der Waals surface area contributed by atoms with Crippen LogP contribution in [0.3, 0.4) is 0 Å². The van der Waals surface area contributed by atoms with Crippen molar-refractivity contribution in [3.63, 3.8) is 0 Å². The first-order valence-corrected chi connectivity index (χ1v) is 7.37. The van der Waals surface area contributed by atoms with E-state index >= 15 is 0 Å². The Morgan fingerprint density at radius 3 is 2.67 bits per heavy atom. The van der Waals surface area contributed by atoms with Crippen LogP contribution in [0.4, 0.5) is 0 Å². The molecule has 104 valence electrons. The summed E-state index contributed by atoms with van der Waals surface area (Å²) in [6, 6.07) is 6.75. The van der Waals surface area contributed by atoms with Crippen molar-refractivity contribution >= 4 is 11.1 Å². The maximum Gasteiger partial charge on any atom is 0.0159 e. The Morgan fingerprint density at radius 1 is 1.19 bits per heavy atom. The molecule has 1 aromatic rings. The Balaban J connectivity index is 2.24. The summed E-state index contributed by atoms with van der Waals surface area (Å²) in [5.41, 5.74) is 11.0. The van der Waals surface area contributed by atoms with Gasteiger partial charge in [-0.15, -0.1) is 5.73 Å². The van der Waals surface area contributed by atoms with Gasteiger partial charge in [0.15, 0.2) is 0 Å². The van der Waals surface area contributed by atoms with Crippen LogP contribution in [-0.4, -0.2) is 0 Å². The summed E-state index contributed by atoms with van der Waals surface area (Å²) >= 11 is 0. The second-order valence-corrected chi connectivity index (χ2v) is 5.99. The van der Waals surface area contributed by atoms with Crippen molar-refractivity contribution in [3.05, 3.63) is 89.2 Å². The largest absolute Gasteiger partial charge is 0.121 e. The summed E-state index contributed by atoms with van der Waals surface area (Å²) in [7, 11) is 0. The lowest BCUT2D eigenvalue weighted by molar-refractivity contribution is 0.660. The van der Waals surface area contributed by atoms with E-state index < -0.39 is 0 Å². The first kappa shape index (κ1) is 13.7. The van der Waals surface area contributed by atoms with Crippen molar-refractivity contribution in [2.45, 2.75) is 26.2 Å². The maximum absolute atomic E-state index is 3.91. The zero-order valence-corrected chi connectivity index (χ0v) is 12.9. The number of benzene rings is 1. The van der Waals surface area contributed by atoms with Gasteiger partial charge in [0, 0.05) is 5.41 Å². The van der Waals surface area contributed by atoms with Gasteiger partial charge in [0.2, 0.25) is 0 Å². The fourth-order valence-electron chi connectivity index (χ4n) is 3.30. The molecule has 0 heterocycles. The van der Waals surface area contributed by atoms with Crippen molar-refractivity contribution in [1.29, 1.82) is 0 Å². The molecule has 0 radical (unpaired) electrons. The molecular weight excluding hydrogens is 252 g/mol. The Kier molecular flexibility index (Phi) is 3.20. The molecule has 2 aliphatic carbocycles. The third-order valence-electron chi connectivity index (χ3n) is 4.50. The van der Waals surface area contributed by atoms with Crippen LogP contribution in [0.15, 0.2) is 72.5 Å². The normalized spacial score (nSPS) is 18.5. The summed E-state index contributed by atoms with van der Waals surface area (Å²) in [6.45, 7) is 10.6. The molecule has 0 saturated carbocycles. The van der Waals surface area contributed by atoms with E-state index in [4.69, 9.17) is 0 Å². The van der Waals surface area contributed by atoms with E-state index in [2.05, 4.69) is 69.5 Å². The highest BCUT2D eigenvalue weighted by atomic mass is 14.4. The molecule has 0 aliphatic heterocycles. The van der Waals surface area contributed by atoms with Gasteiger partial charge in [-0.05, 0) is 70.7 Å². The smallest absolute Gasteiger partial charge is 0.0159 e. The zero-order valence-electron chi connectivity index (χ0n) is 12.9. The predicted octanol–water partition coefficient (Wildman–Crippen LogP) is 5.60. The van der Waals surface area contributed by atoms with E-state index in [1.165, 1.54) is 33.4 Å². The molecule has 0 amide bonds. The van der Waals surface area contributed by atoms with Crippen molar-refractivity contribution in [3.8, 4) is 0 Å². The summed E-state index contributed by atoms with van der Waals surface area (Å²) in [5.74, 6) is 0. The fraction of sp³-hybridized carbons (Fsp3) is 0.190. The SMILES string of the molecule is C=C/C(=C\C)c1ccc2c(c1)C(C)(C)C1=CC=C=CC=C12. The minimum Gasteiger partial charge on any atom is -0.121 e. The third kappa shape index (κ3) is 2.00. The molecule has 0 unspecified atom stereocenters. The fourth-order valence-corrected chi connectivity index (χ4v) is 3.30. The standard InChI is InChI=1S/C21H20/c1-5-15(6-2)16-12-13-18-17-10-8-7-9-11-19(17)21(3,4)20(18)14-16/h5-6,8-14H,1H2,2-4H3/b15-6+. The van der Waals surface area contributed by atoms with Gasteiger partial charge < -0.3 is 0 Å². The molecule has 1 aromatic carbocycles. The molecule has 0 N–H and O–H groups in total. The molecular formula is C21H20. The van der Waals surface area contributed by atoms with Crippen LogP contribution in [0, 0.1) is 0 Å². The van der Waals surface area contributed by atoms with Crippen LogP contribution in [0.2, 0.25) is 0 Å². The average Bonchev–Trinajstić information content (AvgIpc) is 2.67. The first-order chi connectivity index (χ1) is 10.1. The Bertz CT molecular complexity index is 770. The van der Waals surface area contributed by atoms with Crippen molar-refractivity contribution in [2.24, 2.45) is 0 Å². The lowest BCUT2D eigenvalue weighted by Crippen LogP contribution is -2.15. The molecule has 0 nitrogen and oxygen atoms in total. The third-order valence-corrected chi connectivity index (χ3v) is 4.50. The second kappa shape index (κ2) is 4.91. The molecule has 0 fully saturated rings. The van der Waals surface area contributed by atoms with E-state index in [9.17, 15) is 0 Å². The molecule has 0 atom stereocenters. The lowest BCUT2D eigenvalue weighted by Gasteiger charge is -2.22. The number of allylic oxidation sites excluding steroid dienone is 8. The molecule has 0 spiro atoms. The lowest BCUT2D eigenvalue weighted by atomic mass is 9.81. The topological polar surface area (TPSA) is 0 Å². The molecule has 3 rings (SSSR count). The molecule has 2 aliphatic rings. The van der Waals surface area contributed by atoms with Crippen LogP contribution in [0.25, 0.3) is 11.1 Å². The predicted molar refractivity (Wildman–Crippen MR) is 92.0 cm³/mol. The Hall–Kier alpha value is -2.30. The van der Waals surface area contributed by atoms with Gasteiger partial charge in [-0.2, -0.15) is 0 Å². The van der Waals surface area contributed by atoms with Gasteiger partial charge in [0.25, 0.3) is 0 Å². The van der Waals surface area contributed by atoms with Gasteiger partial charge in [-0.25, -0.2) is 0 Å². The van der Waals surface area contributed by atoms with E-state index in [0.717, 1.165) is 0 Å². The van der Waals surface area contributed by atoms with Crippen LogP contribution < -0.4 is 0 Å². The minimum absolute atomic E-state index is 0.0214. The Labute approximate surface area is 127 Å². The zero-order chi connectivity index (χ0) is 15.0. The molecule has 0 bridgehead atoms. The van der Waals surface area contributed by atoms with Gasteiger partial charge >= 0.3 is 0 Å². The number of fused-ring (bicyclic) bond motifs is 3. The minimum atomic E-state index is 0.0214. The van der Waals surface area contributed by atoms with Gasteiger partial charge in [-0.1, -0.05) is 44.7 Å². The van der Waals surface area contributed by atoms with E-state index in [-0.39, 0.29) is 5.41 Å². The van der Waals surface area contributed by atoms with E-state index in [1.807, 2.05) is 18.2 Å². The summed E-state index contributed by atoms with van der Waals surface area (Å²) < 4.78 is 0. The van der Waals surface area contributed by atoms with Crippen molar-refractivity contribution in [2.75, 3.05) is 0 Å². The molecule has 0 heteroatoms. The van der Waals surface area contributed by atoms with Crippen LogP contribution >= 0.6 is 0 Å². The maximum atomic E-state index is 3.91. The number of hydrogen-bond acceptors (Lipinski definition) is 0. The van der Waals surface area contributed by atoms with Crippen LogP contribution in [0.1, 0.15) is 37.5 Å². The van der Waals surface area contributed by atoms with Crippen LogP contribution in [0.5, 0.6) is 0 Å². The average molecular weight is 272 g/mol. The van der Waals surface area contributed by atoms with Crippen molar-refractivity contribution in [1.82, 2.24) is 0 Å². The van der Waals surface area contributed by atoms with Crippen LogP contribution in [-0.2, 0) is 5.41 Å². The van der Waals surface area contributed by atoms with Gasteiger partial charge in [0.05, 0.1) is 0 Å². The Morgan fingerprint density at radius 2 is 1.95 bits per heavy atom. The quantitative estimate of drug-likeness (QED) is 0.485. The summed E-state index contributed by atoms with van der Waals surface area (Å²) in [5, 5.41) is 0. The molecule has 0 aromatic heterocycles. The number of rotatable bonds is 2. The summed E-state index contributed by atoms with van der Waals surface area (Å²) in [4.78, 5) is 0. The molecule has 21 heavy (non-hydrogen) atoms.